The number of rotatable bonds is 11. The summed E-state index contributed by atoms with van der Waals surface area (Å²) in [7, 11) is 0. The lowest BCUT2D eigenvalue weighted by atomic mass is 10.1. The number of fused-ring (bicyclic) bond motifs is 1. The molecule has 0 radical (unpaired) electrons. The number of amides is 1. The van der Waals surface area contributed by atoms with Crippen LogP contribution in [0, 0.1) is 0 Å². The Hall–Kier alpha value is -5.07. The summed E-state index contributed by atoms with van der Waals surface area (Å²) >= 11 is 5.95. The molecule has 0 spiro atoms. The van der Waals surface area contributed by atoms with E-state index in [0.717, 1.165) is 0 Å². The van der Waals surface area contributed by atoms with Crippen molar-refractivity contribution in [1.82, 2.24) is 34.3 Å². The first-order valence-corrected chi connectivity index (χ1v) is 16.2. The van der Waals surface area contributed by atoms with Gasteiger partial charge >= 0.3 is 0 Å². The number of nitrogens with zero attached hydrogens (tertiary/aromatic N) is 7. The van der Waals surface area contributed by atoms with Gasteiger partial charge in [0.25, 0.3) is 11.5 Å². The summed E-state index contributed by atoms with van der Waals surface area (Å²) in [6, 6.07) is 18.8. The molecule has 6 rings (SSSR count). The maximum Gasteiger partial charge on any atom is 0.266 e. The first kappa shape index (κ1) is 32.9. The molecule has 1 amide bonds. The number of hydrogen-bond acceptors (Lipinski definition) is 9. The Labute approximate surface area is 282 Å². The Morgan fingerprint density at radius 1 is 0.917 bits per heavy atom. The van der Waals surface area contributed by atoms with Crippen LogP contribution >= 0.6 is 11.6 Å². The molecule has 5 aromatic rings. The van der Waals surface area contributed by atoms with Crippen LogP contribution in [0.4, 0.5) is 0 Å². The van der Waals surface area contributed by atoms with Gasteiger partial charge in [-0.15, -0.1) is 0 Å². The van der Waals surface area contributed by atoms with Crippen molar-refractivity contribution in [2.75, 3.05) is 32.8 Å². The molecule has 1 unspecified atom stereocenters. The van der Waals surface area contributed by atoms with Gasteiger partial charge in [-0.25, -0.2) is 4.98 Å². The number of carbonyl (C=O) groups excluding carboxylic acids is 2. The SMILES string of the molecule is CC(C)Oc1ccc(C(=O)Cn2nccn2)cc1-n1c(C(C)N2CCN(C(=O)COc3ccc(Cl)cc3)CC2)nc2ccccc2c1=O. The van der Waals surface area contributed by atoms with Crippen LogP contribution in [0.1, 0.15) is 43.0 Å². The second-order valence-electron chi connectivity index (χ2n) is 11.8. The van der Waals surface area contributed by atoms with Gasteiger partial charge in [-0.1, -0.05) is 23.7 Å². The van der Waals surface area contributed by atoms with Crippen molar-refractivity contribution >= 4 is 34.2 Å². The molecule has 248 valence electrons. The highest BCUT2D eigenvalue weighted by atomic mass is 35.5. The molecule has 1 aliphatic heterocycles. The number of Topliss-reactive ketones (excluding diaryl/α,β-unsaturated/α-hetero) is 1. The van der Waals surface area contributed by atoms with Crippen molar-refractivity contribution in [3.05, 3.63) is 106 Å². The summed E-state index contributed by atoms with van der Waals surface area (Å²) in [5.41, 5.74) is 1.09. The molecule has 1 saturated heterocycles. The molecule has 12 nitrogen and oxygen atoms in total. The fourth-order valence-electron chi connectivity index (χ4n) is 5.72. The molecule has 13 heteroatoms. The number of benzene rings is 3. The molecule has 0 bridgehead atoms. The lowest BCUT2D eigenvalue weighted by Gasteiger charge is -2.38. The molecule has 3 heterocycles. The van der Waals surface area contributed by atoms with E-state index in [1.54, 1.807) is 64.1 Å². The van der Waals surface area contributed by atoms with Gasteiger partial charge in [0.1, 0.15) is 23.9 Å². The number of hydrogen-bond donors (Lipinski definition) is 0. The van der Waals surface area contributed by atoms with Gasteiger partial charge in [-0.3, -0.25) is 23.9 Å². The van der Waals surface area contributed by atoms with Gasteiger partial charge in [0.2, 0.25) is 0 Å². The van der Waals surface area contributed by atoms with Gasteiger partial charge in [0, 0.05) is 36.8 Å². The summed E-state index contributed by atoms with van der Waals surface area (Å²) in [5.74, 6) is 1.19. The summed E-state index contributed by atoms with van der Waals surface area (Å²) in [5, 5.41) is 9.14. The number of halogens is 1. The van der Waals surface area contributed by atoms with E-state index in [4.69, 9.17) is 26.1 Å². The lowest BCUT2D eigenvalue weighted by Crippen LogP contribution is -2.51. The number of ether oxygens (including phenoxy) is 2. The van der Waals surface area contributed by atoms with Gasteiger partial charge in [0.15, 0.2) is 12.4 Å². The van der Waals surface area contributed by atoms with Crippen LogP contribution in [0.15, 0.2) is 83.9 Å². The summed E-state index contributed by atoms with van der Waals surface area (Å²) in [4.78, 5) is 50.9. The zero-order valence-corrected chi connectivity index (χ0v) is 27.7. The molecular weight excluding hydrogens is 634 g/mol. The van der Waals surface area contributed by atoms with E-state index < -0.39 is 0 Å². The minimum absolute atomic E-state index is 0.0569. The number of aromatic nitrogens is 5. The van der Waals surface area contributed by atoms with Crippen LogP contribution in [0.5, 0.6) is 11.5 Å². The van der Waals surface area contributed by atoms with Crippen LogP contribution in [0.2, 0.25) is 5.02 Å². The van der Waals surface area contributed by atoms with Crippen molar-refractivity contribution in [2.24, 2.45) is 0 Å². The van der Waals surface area contributed by atoms with E-state index in [1.165, 1.54) is 17.2 Å². The quantitative estimate of drug-likeness (QED) is 0.186. The van der Waals surface area contributed by atoms with E-state index >= 15 is 0 Å². The van der Waals surface area contributed by atoms with Crippen molar-refractivity contribution in [2.45, 2.75) is 39.5 Å². The van der Waals surface area contributed by atoms with E-state index in [0.29, 0.717) is 70.7 Å². The van der Waals surface area contributed by atoms with Crippen molar-refractivity contribution in [3.8, 4) is 17.2 Å². The van der Waals surface area contributed by atoms with Gasteiger partial charge in [-0.2, -0.15) is 15.0 Å². The van der Waals surface area contributed by atoms with Gasteiger partial charge < -0.3 is 14.4 Å². The second-order valence-corrected chi connectivity index (χ2v) is 12.2. The lowest BCUT2D eigenvalue weighted by molar-refractivity contribution is -0.135. The highest BCUT2D eigenvalue weighted by molar-refractivity contribution is 6.30. The average molecular weight is 670 g/mol. The molecule has 1 aliphatic rings. The van der Waals surface area contributed by atoms with Crippen LogP contribution in [0.3, 0.4) is 0 Å². The van der Waals surface area contributed by atoms with Crippen LogP contribution in [-0.4, -0.2) is 84.9 Å². The molecule has 1 fully saturated rings. The first-order valence-electron chi connectivity index (χ1n) is 15.8. The zero-order valence-electron chi connectivity index (χ0n) is 27.0. The Balaban J connectivity index is 1.30. The Morgan fingerprint density at radius 3 is 2.33 bits per heavy atom. The van der Waals surface area contributed by atoms with E-state index in [9.17, 15) is 14.4 Å². The second kappa shape index (κ2) is 14.4. The fraction of sp³-hybridized carbons (Fsp3) is 0.314. The standard InChI is InChI=1S/C35H36ClN7O5/c1-23(2)48-32-13-8-25(31(44)21-42-37-14-15-38-42)20-30(32)43-34(39-29-7-5-4-6-28(29)35(43)46)24(3)40-16-18-41(19-17-40)33(45)22-47-27-11-9-26(36)10-12-27/h4-15,20,23-24H,16-19,21-22H2,1-3H3. The molecule has 48 heavy (non-hydrogen) atoms. The molecule has 3 aromatic carbocycles. The third-order valence-electron chi connectivity index (χ3n) is 8.20. The Bertz CT molecular complexity index is 1970. The number of piperazine rings is 1. The predicted molar refractivity (Wildman–Crippen MR) is 181 cm³/mol. The van der Waals surface area contributed by atoms with Crippen LogP contribution in [-0.2, 0) is 11.3 Å². The highest BCUT2D eigenvalue weighted by Crippen LogP contribution is 2.30. The maximum atomic E-state index is 14.3. The molecule has 0 saturated carbocycles. The summed E-state index contributed by atoms with van der Waals surface area (Å²) < 4.78 is 13.4. The smallest absolute Gasteiger partial charge is 0.266 e. The monoisotopic (exact) mass is 669 g/mol. The topological polar surface area (TPSA) is 125 Å². The van der Waals surface area contributed by atoms with Gasteiger partial charge in [-0.05, 0) is 75.4 Å². The molecule has 1 atom stereocenters. The van der Waals surface area contributed by atoms with E-state index in [-0.39, 0.29) is 42.5 Å². The third-order valence-corrected chi connectivity index (χ3v) is 8.45. The van der Waals surface area contributed by atoms with E-state index in [1.807, 2.05) is 32.9 Å². The zero-order chi connectivity index (χ0) is 33.8. The highest BCUT2D eigenvalue weighted by Gasteiger charge is 2.29. The van der Waals surface area contributed by atoms with Crippen LogP contribution in [0.25, 0.3) is 16.6 Å². The van der Waals surface area contributed by atoms with E-state index in [2.05, 4.69) is 15.1 Å². The molecular formula is C35H36ClN7O5. The molecule has 0 aliphatic carbocycles. The maximum absolute atomic E-state index is 14.3. The average Bonchev–Trinajstić information content (AvgIpc) is 3.61. The normalized spacial score (nSPS) is 14.3. The molecule has 2 aromatic heterocycles. The molecule has 0 N–H and O–H groups in total. The minimum atomic E-state index is -0.329. The number of para-hydroxylation sites is 1. The Morgan fingerprint density at radius 2 is 1.62 bits per heavy atom. The fourth-order valence-corrected chi connectivity index (χ4v) is 5.84. The number of carbonyl (C=O) groups is 2. The summed E-state index contributed by atoms with van der Waals surface area (Å²) in [6.07, 6.45) is 2.83. The number of ketones is 1. The largest absolute Gasteiger partial charge is 0.489 e. The first-order chi connectivity index (χ1) is 23.2. The van der Waals surface area contributed by atoms with Crippen molar-refractivity contribution in [3.63, 3.8) is 0 Å². The van der Waals surface area contributed by atoms with Crippen LogP contribution < -0.4 is 15.0 Å². The summed E-state index contributed by atoms with van der Waals surface area (Å²) in [6.45, 7) is 7.75. The van der Waals surface area contributed by atoms with Gasteiger partial charge in [0.05, 0.1) is 41.1 Å². The third kappa shape index (κ3) is 7.24. The Kier molecular flexibility index (Phi) is 9.83. The predicted octanol–water partition coefficient (Wildman–Crippen LogP) is 4.58. The minimum Gasteiger partial charge on any atom is -0.489 e. The van der Waals surface area contributed by atoms with Crippen molar-refractivity contribution < 1.29 is 19.1 Å². The van der Waals surface area contributed by atoms with Crippen molar-refractivity contribution in [1.29, 1.82) is 0 Å².